The predicted octanol–water partition coefficient (Wildman–Crippen LogP) is 3.82. The largest absolute Gasteiger partial charge is 0.452 e. The van der Waals surface area contributed by atoms with E-state index in [0.717, 1.165) is 23.7 Å². The fourth-order valence-corrected chi connectivity index (χ4v) is 4.56. The lowest BCUT2D eigenvalue weighted by atomic mass is 10.2. The van der Waals surface area contributed by atoms with Crippen molar-refractivity contribution in [1.29, 1.82) is 5.26 Å². The van der Waals surface area contributed by atoms with Crippen molar-refractivity contribution in [2.45, 2.75) is 18.7 Å². The Balaban J connectivity index is 1.81. The maximum Gasteiger partial charge on any atom is 0.338 e. The third kappa shape index (κ3) is 5.08. The van der Waals surface area contributed by atoms with Gasteiger partial charge < -0.3 is 10.1 Å². The molecule has 0 atom stereocenters. The summed E-state index contributed by atoms with van der Waals surface area (Å²) in [5.74, 6) is -1.28. The summed E-state index contributed by atoms with van der Waals surface area (Å²) in [6, 6.07) is 15.0. The molecular weight excluding hydrogens is 466 g/mol. The van der Waals surface area contributed by atoms with E-state index >= 15 is 0 Å². The van der Waals surface area contributed by atoms with E-state index in [1.165, 1.54) is 12.1 Å². The fraction of sp³-hybridized carbons (Fsp3) is 0.174. The zero-order chi connectivity index (χ0) is 24.3. The van der Waals surface area contributed by atoms with Crippen LogP contribution in [0.4, 0.5) is 5.82 Å². The van der Waals surface area contributed by atoms with E-state index < -0.39 is 28.3 Å². The van der Waals surface area contributed by atoms with Gasteiger partial charge in [0.25, 0.3) is 5.91 Å². The van der Waals surface area contributed by atoms with Crippen LogP contribution in [-0.4, -0.2) is 37.7 Å². The van der Waals surface area contributed by atoms with Crippen LogP contribution in [0, 0.1) is 25.2 Å². The number of benzene rings is 2. The number of sulfone groups is 1. The molecule has 0 spiro atoms. The van der Waals surface area contributed by atoms with Crippen molar-refractivity contribution in [1.82, 2.24) is 4.57 Å². The summed E-state index contributed by atoms with van der Waals surface area (Å²) >= 11 is 5.89. The number of anilines is 1. The van der Waals surface area contributed by atoms with Gasteiger partial charge in [0.2, 0.25) is 0 Å². The quantitative estimate of drug-likeness (QED) is 0.530. The molecule has 0 aliphatic rings. The number of nitriles is 1. The lowest BCUT2D eigenvalue weighted by molar-refractivity contribution is -0.119. The number of para-hydroxylation sites is 1. The highest BCUT2D eigenvalue weighted by Gasteiger charge is 2.22. The van der Waals surface area contributed by atoms with Crippen molar-refractivity contribution in [3.8, 4) is 11.8 Å². The minimum Gasteiger partial charge on any atom is -0.452 e. The van der Waals surface area contributed by atoms with Gasteiger partial charge in [-0.15, -0.1) is 0 Å². The minimum atomic E-state index is -3.65. The van der Waals surface area contributed by atoms with Crippen LogP contribution >= 0.6 is 11.6 Å². The van der Waals surface area contributed by atoms with Crippen molar-refractivity contribution in [3.05, 3.63) is 75.9 Å². The monoisotopic (exact) mass is 485 g/mol. The minimum absolute atomic E-state index is 0.0248. The Labute approximate surface area is 196 Å². The third-order valence-electron chi connectivity index (χ3n) is 5.00. The Morgan fingerprint density at radius 1 is 1.15 bits per heavy atom. The summed E-state index contributed by atoms with van der Waals surface area (Å²) in [5, 5.41) is 12.2. The van der Waals surface area contributed by atoms with Gasteiger partial charge in [-0.2, -0.15) is 5.26 Å². The number of amides is 1. The standard InChI is InChI=1S/C23H20ClN3O5S/c1-14-15(2)27(17-7-5-4-6-8-17)22(18(14)12-25)26-21(28)13-32-23(29)16-9-10-19(24)20(11-16)33(3,30)31/h4-11H,13H2,1-3H3,(H,26,28). The highest BCUT2D eigenvalue weighted by molar-refractivity contribution is 7.90. The molecule has 0 saturated heterocycles. The molecule has 1 aromatic heterocycles. The van der Waals surface area contributed by atoms with E-state index in [-0.39, 0.29) is 21.3 Å². The zero-order valence-corrected chi connectivity index (χ0v) is 19.6. The van der Waals surface area contributed by atoms with Crippen LogP contribution < -0.4 is 5.32 Å². The summed E-state index contributed by atoms with van der Waals surface area (Å²) in [5.41, 5.74) is 2.47. The van der Waals surface area contributed by atoms with Gasteiger partial charge >= 0.3 is 5.97 Å². The van der Waals surface area contributed by atoms with E-state index in [4.69, 9.17) is 16.3 Å². The number of esters is 1. The Morgan fingerprint density at radius 3 is 2.42 bits per heavy atom. The molecule has 0 bridgehead atoms. The van der Waals surface area contributed by atoms with E-state index in [9.17, 15) is 23.3 Å². The highest BCUT2D eigenvalue weighted by Crippen LogP contribution is 2.30. The Morgan fingerprint density at radius 2 is 1.82 bits per heavy atom. The fourth-order valence-electron chi connectivity index (χ4n) is 3.26. The van der Waals surface area contributed by atoms with Crippen LogP contribution in [0.2, 0.25) is 5.02 Å². The summed E-state index contributed by atoms with van der Waals surface area (Å²) < 4.78 is 30.4. The second-order valence-corrected chi connectivity index (χ2v) is 9.65. The number of hydrogen-bond donors (Lipinski definition) is 1. The lowest BCUT2D eigenvalue weighted by Gasteiger charge is -2.13. The molecule has 0 fully saturated rings. The number of nitrogens with zero attached hydrogens (tertiary/aromatic N) is 2. The smallest absolute Gasteiger partial charge is 0.338 e. The maximum absolute atomic E-state index is 12.6. The molecule has 0 aliphatic carbocycles. The summed E-state index contributed by atoms with van der Waals surface area (Å²) in [4.78, 5) is 24.7. The molecule has 2 aromatic carbocycles. The average molecular weight is 486 g/mol. The first-order valence-corrected chi connectivity index (χ1v) is 12.0. The van der Waals surface area contributed by atoms with E-state index in [1.807, 2.05) is 37.3 Å². The van der Waals surface area contributed by atoms with Crippen molar-refractivity contribution in [2.75, 3.05) is 18.2 Å². The van der Waals surface area contributed by atoms with Gasteiger partial charge in [0.1, 0.15) is 11.9 Å². The van der Waals surface area contributed by atoms with Crippen molar-refractivity contribution < 1.29 is 22.7 Å². The molecule has 33 heavy (non-hydrogen) atoms. The Hall–Kier alpha value is -3.61. The molecule has 3 rings (SSSR count). The van der Waals surface area contributed by atoms with E-state index in [2.05, 4.69) is 11.4 Å². The number of rotatable bonds is 6. The van der Waals surface area contributed by atoms with Crippen LogP contribution in [0.1, 0.15) is 27.2 Å². The summed E-state index contributed by atoms with van der Waals surface area (Å²) in [7, 11) is -3.65. The molecule has 0 aliphatic heterocycles. The topological polar surface area (TPSA) is 118 Å². The number of ether oxygens (including phenoxy) is 1. The first-order chi connectivity index (χ1) is 15.5. The number of halogens is 1. The number of carbonyl (C=O) groups is 2. The SMILES string of the molecule is Cc1c(C#N)c(NC(=O)COC(=O)c2ccc(Cl)c(S(C)(=O)=O)c2)n(-c2ccccc2)c1C. The van der Waals surface area contributed by atoms with Gasteiger partial charge in [0.15, 0.2) is 16.4 Å². The number of carbonyl (C=O) groups excluding carboxylic acids is 2. The van der Waals surface area contributed by atoms with Gasteiger partial charge in [-0.25, -0.2) is 13.2 Å². The first-order valence-electron chi connectivity index (χ1n) is 9.68. The van der Waals surface area contributed by atoms with Gasteiger partial charge in [0, 0.05) is 17.6 Å². The Kier molecular flexibility index (Phi) is 6.91. The van der Waals surface area contributed by atoms with Crippen molar-refractivity contribution in [3.63, 3.8) is 0 Å². The van der Waals surface area contributed by atoms with Crippen LogP contribution in [0.3, 0.4) is 0 Å². The maximum atomic E-state index is 12.6. The van der Waals surface area contributed by atoms with Crippen LogP contribution in [-0.2, 0) is 19.4 Å². The van der Waals surface area contributed by atoms with Crippen LogP contribution in [0.5, 0.6) is 0 Å². The molecule has 3 aromatic rings. The Bertz CT molecular complexity index is 1390. The second-order valence-electron chi connectivity index (χ2n) is 7.26. The number of hydrogen-bond acceptors (Lipinski definition) is 6. The lowest BCUT2D eigenvalue weighted by Crippen LogP contribution is -2.23. The average Bonchev–Trinajstić information content (AvgIpc) is 3.01. The number of nitrogens with one attached hydrogen (secondary N) is 1. The number of aromatic nitrogens is 1. The molecule has 10 heteroatoms. The predicted molar refractivity (Wildman–Crippen MR) is 123 cm³/mol. The normalized spacial score (nSPS) is 11.0. The molecule has 1 N–H and O–H groups in total. The zero-order valence-electron chi connectivity index (χ0n) is 18.0. The third-order valence-corrected chi connectivity index (χ3v) is 6.58. The van der Waals surface area contributed by atoms with Gasteiger partial charge in [-0.3, -0.25) is 9.36 Å². The first kappa shape index (κ1) is 24.0. The van der Waals surface area contributed by atoms with Crippen LogP contribution in [0.25, 0.3) is 5.69 Å². The van der Waals surface area contributed by atoms with Crippen LogP contribution in [0.15, 0.2) is 53.4 Å². The summed E-state index contributed by atoms with van der Waals surface area (Å²) in [6.45, 7) is 2.97. The molecule has 170 valence electrons. The van der Waals surface area contributed by atoms with Gasteiger partial charge in [-0.1, -0.05) is 29.8 Å². The molecule has 0 saturated carbocycles. The molecule has 0 unspecified atom stereocenters. The van der Waals surface area contributed by atoms with E-state index in [0.29, 0.717) is 11.1 Å². The van der Waals surface area contributed by atoms with Gasteiger partial charge in [-0.05, 0) is 49.7 Å². The molecular formula is C23H20ClN3O5S. The molecule has 0 radical (unpaired) electrons. The molecule has 8 nitrogen and oxygen atoms in total. The highest BCUT2D eigenvalue weighted by atomic mass is 35.5. The van der Waals surface area contributed by atoms with Crippen molar-refractivity contribution in [2.24, 2.45) is 0 Å². The second kappa shape index (κ2) is 9.48. The van der Waals surface area contributed by atoms with Gasteiger partial charge in [0.05, 0.1) is 21.0 Å². The molecule has 1 heterocycles. The molecule has 1 amide bonds. The summed E-state index contributed by atoms with van der Waals surface area (Å²) in [6.07, 6.45) is 0.968. The van der Waals surface area contributed by atoms with Crippen molar-refractivity contribution >= 4 is 39.1 Å². The van der Waals surface area contributed by atoms with E-state index in [1.54, 1.807) is 11.5 Å².